The summed E-state index contributed by atoms with van der Waals surface area (Å²) in [7, 11) is 0. The van der Waals surface area contributed by atoms with Gasteiger partial charge in [0.2, 0.25) is 5.91 Å². The number of nitrogens with one attached hydrogen (secondary N) is 1. The predicted molar refractivity (Wildman–Crippen MR) is 71.1 cm³/mol. The number of amides is 1. The molecule has 2 heterocycles. The molecule has 100 valence electrons. The number of ketones is 1. The lowest BCUT2D eigenvalue weighted by Gasteiger charge is -2.42. The van der Waals surface area contributed by atoms with Crippen molar-refractivity contribution >= 4 is 17.4 Å². The maximum absolute atomic E-state index is 12.8. The molecule has 0 bridgehead atoms. The van der Waals surface area contributed by atoms with Gasteiger partial charge in [0.1, 0.15) is 5.41 Å². The van der Waals surface area contributed by atoms with Crippen LogP contribution in [0.3, 0.4) is 0 Å². The van der Waals surface area contributed by atoms with Crippen molar-refractivity contribution in [1.82, 2.24) is 0 Å². The van der Waals surface area contributed by atoms with E-state index in [1.54, 1.807) is 12.1 Å². The van der Waals surface area contributed by atoms with E-state index in [9.17, 15) is 9.59 Å². The summed E-state index contributed by atoms with van der Waals surface area (Å²) in [5, 5.41) is 2.88. The highest BCUT2D eigenvalue weighted by Gasteiger charge is 2.53. The normalized spacial score (nSPS) is 34.0. The minimum absolute atomic E-state index is 0.0612. The number of ether oxygens (including phenoxy) is 1. The molecule has 1 amide bonds. The highest BCUT2D eigenvalue weighted by atomic mass is 16.5. The van der Waals surface area contributed by atoms with Gasteiger partial charge in [-0.15, -0.1) is 0 Å². The number of anilines is 1. The molecule has 4 heteroatoms. The fourth-order valence-electron chi connectivity index (χ4n) is 3.32. The number of carbonyl (C=O) groups is 2. The largest absolute Gasteiger partial charge is 0.375 e. The molecule has 1 fully saturated rings. The average Bonchev–Trinajstić information content (AvgIpc) is 2.36. The summed E-state index contributed by atoms with van der Waals surface area (Å²) < 4.78 is 5.67. The summed E-state index contributed by atoms with van der Waals surface area (Å²) in [5.41, 5.74) is 0.282. The number of fused-ring (bicyclic) bond motifs is 1. The second kappa shape index (κ2) is 4.17. The molecule has 1 aromatic rings. The van der Waals surface area contributed by atoms with Gasteiger partial charge in [-0.3, -0.25) is 9.59 Å². The van der Waals surface area contributed by atoms with Crippen LogP contribution in [0.5, 0.6) is 0 Å². The van der Waals surface area contributed by atoms with E-state index in [1.807, 2.05) is 26.0 Å². The lowest BCUT2D eigenvalue weighted by Crippen LogP contribution is -2.53. The number of benzene rings is 1. The molecule has 1 aromatic carbocycles. The molecular weight excluding hydrogens is 242 g/mol. The highest BCUT2D eigenvalue weighted by Crippen LogP contribution is 2.44. The monoisotopic (exact) mass is 259 g/mol. The second-order valence-corrected chi connectivity index (χ2v) is 5.58. The van der Waals surface area contributed by atoms with Gasteiger partial charge < -0.3 is 10.1 Å². The molecular formula is C15H17NO3. The first-order valence-electron chi connectivity index (χ1n) is 6.64. The van der Waals surface area contributed by atoms with Gasteiger partial charge in [-0.1, -0.05) is 12.1 Å². The summed E-state index contributed by atoms with van der Waals surface area (Å²) in [5.74, 6) is -0.243. The van der Waals surface area contributed by atoms with Crippen molar-refractivity contribution in [2.75, 3.05) is 5.32 Å². The van der Waals surface area contributed by atoms with Crippen LogP contribution in [0.2, 0.25) is 0 Å². The summed E-state index contributed by atoms with van der Waals surface area (Å²) in [4.78, 5) is 25.2. The Morgan fingerprint density at radius 3 is 2.47 bits per heavy atom. The Labute approximate surface area is 112 Å². The Kier molecular flexibility index (Phi) is 2.71. The van der Waals surface area contributed by atoms with Crippen LogP contribution >= 0.6 is 0 Å². The maximum Gasteiger partial charge on any atom is 0.238 e. The highest BCUT2D eigenvalue weighted by molar-refractivity contribution is 6.24. The molecule has 2 aliphatic heterocycles. The van der Waals surface area contributed by atoms with Gasteiger partial charge >= 0.3 is 0 Å². The topological polar surface area (TPSA) is 55.4 Å². The molecule has 1 N–H and O–H groups in total. The van der Waals surface area contributed by atoms with E-state index in [0.717, 1.165) is 0 Å². The van der Waals surface area contributed by atoms with Crippen molar-refractivity contribution in [2.24, 2.45) is 5.41 Å². The van der Waals surface area contributed by atoms with Crippen LogP contribution < -0.4 is 5.32 Å². The molecule has 3 rings (SSSR count). The van der Waals surface area contributed by atoms with Crippen LogP contribution in [-0.2, 0) is 9.53 Å². The van der Waals surface area contributed by atoms with Gasteiger partial charge in [0.05, 0.1) is 17.9 Å². The first-order valence-corrected chi connectivity index (χ1v) is 6.64. The minimum Gasteiger partial charge on any atom is -0.375 e. The lowest BCUT2D eigenvalue weighted by atomic mass is 9.68. The summed E-state index contributed by atoms with van der Waals surface area (Å²) in [6, 6.07) is 7.20. The number of hydrogen-bond acceptors (Lipinski definition) is 3. The molecule has 1 saturated heterocycles. The van der Waals surface area contributed by atoms with Crippen LogP contribution in [0.15, 0.2) is 24.3 Å². The van der Waals surface area contributed by atoms with Crippen LogP contribution in [0.25, 0.3) is 0 Å². The molecule has 1 spiro atoms. The number of para-hydroxylation sites is 1. The first kappa shape index (κ1) is 12.4. The van der Waals surface area contributed by atoms with Crippen molar-refractivity contribution < 1.29 is 14.3 Å². The molecule has 4 nitrogen and oxygen atoms in total. The zero-order valence-corrected chi connectivity index (χ0v) is 11.1. The van der Waals surface area contributed by atoms with E-state index in [-0.39, 0.29) is 23.9 Å². The first-order chi connectivity index (χ1) is 9.03. The number of rotatable bonds is 0. The van der Waals surface area contributed by atoms with Gasteiger partial charge in [-0.25, -0.2) is 0 Å². The van der Waals surface area contributed by atoms with Gasteiger partial charge in [0.25, 0.3) is 0 Å². The van der Waals surface area contributed by atoms with Gasteiger partial charge in [-0.05, 0) is 38.8 Å². The van der Waals surface area contributed by atoms with Crippen LogP contribution in [0, 0.1) is 5.41 Å². The average molecular weight is 259 g/mol. The molecule has 2 atom stereocenters. The van der Waals surface area contributed by atoms with E-state index < -0.39 is 5.41 Å². The van der Waals surface area contributed by atoms with Crippen LogP contribution in [-0.4, -0.2) is 23.9 Å². The Morgan fingerprint density at radius 1 is 1.16 bits per heavy atom. The maximum atomic E-state index is 12.8. The SMILES string of the molecule is CC1CC2(CC(C)O1)C(=O)Nc1ccccc1C2=O. The molecule has 19 heavy (non-hydrogen) atoms. The quantitative estimate of drug-likeness (QED) is 0.728. The summed E-state index contributed by atoms with van der Waals surface area (Å²) in [6.45, 7) is 3.83. The standard InChI is InChI=1S/C15H17NO3/c1-9-7-15(8-10(2)19-9)13(17)11-5-3-4-6-12(11)16-14(15)18/h3-6,9-10H,7-8H2,1-2H3,(H,16,18). The van der Waals surface area contributed by atoms with Crippen LogP contribution in [0.1, 0.15) is 37.0 Å². The van der Waals surface area contributed by atoms with Crippen molar-refractivity contribution in [3.05, 3.63) is 29.8 Å². The van der Waals surface area contributed by atoms with E-state index in [4.69, 9.17) is 4.74 Å². The molecule has 0 radical (unpaired) electrons. The van der Waals surface area contributed by atoms with E-state index in [1.165, 1.54) is 0 Å². The van der Waals surface area contributed by atoms with Crippen molar-refractivity contribution in [1.29, 1.82) is 0 Å². The Hall–Kier alpha value is -1.68. The molecule has 0 saturated carbocycles. The molecule has 2 aliphatic rings. The van der Waals surface area contributed by atoms with Crippen LogP contribution in [0.4, 0.5) is 5.69 Å². The zero-order chi connectivity index (χ0) is 13.6. The summed E-state index contributed by atoms with van der Waals surface area (Å²) in [6.07, 6.45) is 0.750. The smallest absolute Gasteiger partial charge is 0.238 e. The Balaban J connectivity index is 2.08. The zero-order valence-electron chi connectivity index (χ0n) is 11.1. The van der Waals surface area contributed by atoms with Gasteiger partial charge in [0, 0.05) is 5.56 Å². The number of Topliss-reactive ketones (excluding diaryl/α,β-unsaturated/α-hetero) is 1. The van der Waals surface area contributed by atoms with Crippen molar-refractivity contribution in [3.63, 3.8) is 0 Å². The molecule has 0 aromatic heterocycles. The third kappa shape index (κ3) is 1.78. The number of carbonyl (C=O) groups excluding carboxylic acids is 2. The lowest BCUT2D eigenvalue weighted by molar-refractivity contribution is -0.136. The Morgan fingerprint density at radius 2 is 1.79 bits per heavy atom. The fourth-order valence-corrected chi connectivity index (χ4v) is 3.32. The van der Waals surface area contributed by atoms with Crippen molar-refractivity contribution in [2.45, 2.75) is 38.9 Å². The fraction of sp³-hybridized carbons (Fsp3) is 0.467. The molecule has 2 unspecified atom stereocenters. The van der Waals surface area contributed by atoms with Crippen molar-refractivity contribution in [3.8, 4) is 0 Å². The third-order valence-electron chi connectivity index (χ3n) is 4.03. The Bertz CT molecular complexity index is 542. The molecule has 0 aliphatic carbocycles. The van der Waals surface area contributed by atoms with E-state index >= 15 is 0 Å². The number of hydrogen-bond donors (Lipinski definition) is 1. The van der Waals surface area contributed by atoms with Gasteiger partial charge in [0.15, 0.2) is 5.78 Å². The summed E-state index contributed by atoms with van der Waals surface area (Å²) >= 11 is 0. The van der Waals surface area contributed by atoms with Gasteiger partial charge in [-0.2, -0.15) is 0 Å². The minimum atomic E-state index is -0.953. The third-order valence-corrected chi connectivity index (χ3v) is 4.03. The predicted octanol–water partition coefficient (Wildman–Crippen LogP) is 2.40. The van der Waals surface area contributed by atoms with E-state index in [0.29, 0.717) is 24.1 Å². The van der Waals surface area contributed by atoms with E-state index in [2.05, 4.69) is 5.32 Å². The second-order valence-electron chi connectivity index (χ2n) is 5.58.